The third kappa shape index (κ3) is 3.98. The summed E-state index contributed by atoms with van der Waals surface area (Å²) in [7, 11) is 0. The number of phenolic OH excluding ortho intramolecular Hbond substituents is 1. The molecule has 1 aromatic heterocycles. The molecule has 1 atom stereocenters. The van der Waals surface area contributed by atoms with E-state index in [1.807, 2.05) is 6.92 Å². The Bertz CT molecular complexity index is 1090. The molecule has 1 unspecified atom stereocenters. The highest BCUT2D eigenvalue weighted by Crippen LogP contribution is 2.34. The van der Waals surface area contributed by atoms with Crippen molar-refractivity contribution < 1.29 is 23.8 Å². The van der Waals surface area contributed by atoms with Gasteiger partial charge in [0.1, 0.15) is 0 Å². The van der Waals surface area contributed by atoms with Crippen molar-refractivity contribution in [3.05, 3.63) is 64.1 Å². The summed E-state index contributed by atoms with van der Waals surface area (Å²) in [6, 6.07) is 8.97. The van der Waals surface area contributed by atoms with E-state index in [0.29, 0.717) is 28.3 Å². The van der Waals surface area contributed by atoms with Gasteiger partial charge in [0.15, 0.2) is 11.6 Å². The van der Waals surface area contributed by atoms with E-state index in [-0.39, 0.29) is 23.4 Å². The topological polar surface area (TPSA) is 68.5 Å². The highest BCUT2D eigenvalue weighted by Gasteiger charge is 2.25. The number of aromatic hydroxyl groups is 1. The largest absolute Gasteiger partial charge is 0.505 e. The Morgan fingerprint density at radius 3 is 2.48 bits per heavy atom. The molecular formula is C22H21ClFNO4. The van der Waals surface area contributed by atoms with Crippen molar-refractivity contribution in [2.45, 2.75) is 39.7 Å². The first kappa shape index (κ1) is 20.9. The van der Waals surface area contributed by atoms with E-state index in [9.17, 15) is 19.1 Å². The van der Waals surface area contributed by atoms with E-state index >= 15 is 0 Å². The van der Waals surface area contributed by atoms with Crippen molar-refractivity contribution in [3.63, 3.8) is 0 Å². The molecule has 2 aromatic carbocycles. The van der Waals surface area contributed by atoms with E-state index in [0.717, 1.165) is 0 Å². The van der Waals surface area contributed by atoms with E-state index in [2.05, 4.69) is 0 Å². The maximum atomic E-state index is 14.8. The molecule has 0 fully saturated rings. The monoisotopic (exact) mass is 417 g/mol. The van der Waals surface area contributed by atoms with Crippen LogP contribution >= 0.6 is 11.6 Å². The molecule has 0 aliphatic heterocycles. The lowest BCUT2D eigenvalue weighted by atomic mass is 10.1. The molecule has 0 saturated heterocycles. The molecule has 0 radical (unpaired) electrons. The van der Waals surface area contributed by atoms with Gasteiger partial charge in [0.25, 0.3) is 5.91 Å². The third-order valence-corrected chi connectivity index (χ3v) is 5.19. The fourth-order valence-corrected chi connectivity index (χ4v) is 3.34. The van der Waals surface area contributed by atoms with Crippen molar-refractivity contribution in [2.24, 2.45) is 0 Å². The van der Waals surface area contributed by atoms with Crippen LogP contribution in [0.25, 0.3) is 10.9 Å². The molecule has 1 heterocycles. The molecule has 0 saturated carbocycles. The van der Waals surface area contributed by atoms with Gasteiger partial charge in [-0.2, -0.15) is 0 Å². The molecule has 0 amide bonds. The Morgan fingerprint density at radius 1 is 1.21 bits per heavy atom. The van der Waals surface area contributed by atoms with Gasteiger partial charge >= 0.3 is 5.97 Å². The molecular weight excluding hydrogens is 397 g/mol. The molecule has 0 aliphatic carbocycles. The quantitative estimate of drug-likeness (QED) is 0.592. The standard InChI is InChI=1S/C22H21ClFNO4/c1-4-12(2)29-19(27)11-16-13(3)25(17-9-10-18(26)21(24)20(16)17)22(28)14-5-7-15(23)8-6-14/h5-10,12,26H,4,11H2,1-3H3. The van der Waals surface area contributed by atoms with Gasteiger partial charge < -0.3 is 9.84 Å². The lowest BCUT2D eigenvalue weighted by molar-refractivity contribution is -0.147. The van der Waals surface area contributed by atoms with Gasteiger partial charge in [-0.05, 0) is 62.2 Å². The molecule has 0 aliphatic rings. The normalized spacial score (nSPS) is 12.2. The first-order chi connectivity index (χ1) is 13.7. The number of hydrogen-bond donors (Lipinski definition) is 1. The average Bonchev–Trinajstić information content (AvgIpc) is 2.96. The predicted octanol–water partition coefficient (Wildman–Crippen LogP) is 5.02. The Labute approximate surface area is 172 Å². The minimum absolute atomic E-state index is 0.0333. The van der Waals surface area contributed by atoms with Crippen molar-refractivity contribution in [1.82, 2.24) is 4.57 Å². The summed E-state index contributed by atoms with van der Waals surface area (Å²) in [6.07, 6.45) is 0.162. The van der Waals surface area contributed by atoms with E-state index in [1.54, 1.807) is 38.1 Å². The summed E-state index contributed by atoms with van der Waals surface area (Å²) in [6.45, 7) is 5.29. The number of phenols is 1. The number of esters is 1. The highest BCUT2D eigenvalue weighted by atomic mass is 35.5. The number of aromatic nitrogens is 1. The summed E-state index contributed by atoms with van der Waals surface area (Å²) in [5.74, 6) is -2.34. The molecule has 0 spiro atoms. The number of halogens is 2. The smallest absolute Gasteiger partial charge is 0.310 e. The maximum absolute atomic E-state index is 14.8. The van der Waals surface area contributed by atoms with Crippen LogP contribution in [0.15, 0.2) is 36.4 Å². The number of rotatable bonds is 5. The van der Waals surface area contributed by atoms with Gasteiger partial charge in [0, 0.05) is 21.7 Å². The second-order valence-corrected chi connectivity index (χ2v) is 7.33. The van der Waals surface area contributed by atoms with Crippen LogP contribution in [0.3, 0.4) is 0 Å². The van der Waals surface area contributed by atoms with Crippen LogP contribution in [0.4, 0.5) is 4.39 Å². The molecule has 7 heteroatoms. The molecule has 152 valence electrons. The number of nitrogens with zero attached hydrogens (tertiary/aromatic N) is 1. The highest BCUT2D eigenvalue weighted by molar-refractivity contribution is 6.30. The number of benzene rings is 2. The van der Waals surface area contributed by atoms with Gasteiger partial charge in [-0.3, -0.25) is 14.2 Å². The van der Waals surface area contributed by atoms with Gasteiger partial charge in [0.05, 0.1) is 18.0 Å². The average molecular weight is 418 g/mol. The second-order valence-electron chi connectivity index (χ2n) is 6.89. The Hall–Kier alpha value is -2.86. The fraction of sp³-hybridized carbons (Fsp3) is 0.273. The molecule has 5 nitrogen and oxygen atoms in total. The third-order valence-electron chi connectivity index (χ3n) is 4.94. The van der Waals surface area contributed by atoms with Crippen LogP contribution in [0.1, 0.15) is 41.9 Å². The Kier molecular flexibility index (Phi) is 5.94. The summed E-state index contributed by atoms with van der Waals surface area (Å²) in [5.41, 5.74) is 1.34. The summed E-state index contributed by atoms with van der Waals surface area (Å²) < 4.78 is 21.5. The first-order valence-electron chi connectivity index (χ1n) is 9.25. The van der Waals surface area contributed by atoms with Crippen LogP contribution in [0, 0.1) is 12.7 Å². The minimum atomic E-state index is -0.875. The van der Waals surface area contributed by atoms with Crippen molar-refractivity contribution in [3.8, 4) is 5.75 Å². The van der Waals surface area contributed by atoms with Crippen molar-refractivity contribution >= 4 is 34.4 Å². The summed E-state index contributed by atoms with van der Waals surface area (Å²) >= 11 is 5.89. The van der Waals surface area contributed by atoms with E-state index < -0.39 is 23.4 Å². The zero-order chi connectivity index (χ0) is 21.3. The van der Waals surface area contributed by atoms with Crippen LogP contribution in [-0.2, 0) is 16.0 Å². The van der Waals surface area contributed by atoms with Crippen LogP contribution in [-0.4, -0.2) is 27.7 Å². The van der Waals surface area contributed by atoms with Crippen molar-refractivity contribution in [1.29, 1.82) is 0 Å². The fourth-order valence-electron chi connectivity index (χ4n) is 3.22. The summed E-state index contributed by atoms with van der Waals surface area (Å²) in [4.78, 5) is 25.5. The maximum Gasteiger partial charge on any atom is 0.310 e. The minimum Gasteiger partial charge on any atom is -0.505 e. The number of carbonyl (C=O) groups excluding carboxylic acids is 2. The van der Waals surface area contributed by atoms with Crippen LogP contribution < -0.4 is 0 Å². The van der Waals surface area contributed by atoms with E-state index in [1.165, 1.54) is 16.7 Å². The lowest BCUT2D eigenvalue weighted by Crippen LogP contribution is -2.17. The van der Waals surface area contributed by atoms with Gasteiger partial charge in [0.2, 0.25) is 0 Å². The molecule has 3 rings (SSSR count). The molecule has 1 N–H and O–H groups in total. The van der Waals surface area contributed by atoms with Gasteiger partial charge in [-0.15, -0.1) is 0 Å². The Balaban J connectivity index is 2.15. The van der Waals surface area contributed by atoms with Gasteiger partial charge in [-0.1, -0.05) is 18.5 Å². The zero-order valence-corrected chi connectivity index (χ0v) is 17.1. The molecule has 3 aromatic rings. The summed E-state index contributed by atoms with van der Waals surface area (Å²) in [5, 5.41) is 10.4. The SMILES string of the molecule is CCC(C)OC(=O)Cc1c(C)n(C(=O)c2ccc(Cl)cc2)c2ccc(O)c(F)c12. The van der Waals surface area contributed by atoms with Crippen molar-refractivity contribution in [2.75, 3.05) is 0 Å². The number of hydrogen-bond acceptors (Lipinski definition) is 4. The Morgan fingerprint density at radius 2 is 1.86 bits per heavy atom. The lowest BCUT2D eigenvalue weighted by Gasteiger charge is -2.11. The predicted molar refractivity (Wildman–Crippen MR) is 109 cm³/mol. The van der Waals surface area contributed by atoms with Crippen LogP contribution in [0.5, 0.6) is 5.75 Å². The van der Waals surface area contributed by atoms with Gasteiger partial charge in [-0.25, -0.2) is 4.39 Å². The number of fused-ring (bicyclic) bond motifs is 1. The first-order valence-corrected chi connectivity index (χ1v) is 9.63. The van der Waals surface area contributed by atoms with E-state index in [4.69, 9.17) is 16.3 Å². The molecule has 0 bridgehead atoms. The zero-order valence-electron chi connectivity index (χ0n) is 16.3. The molecule has 29 heavy (non-hydrogen) atoms. The number of ether oxygens (including phenoxy) is 1. The second kappa shape index (κ2) is 8.25. The number of carbonyl (C=O) groups is 2. The van der Waals surface area contributed by atoms with Crippen LogP contribution in [0.2, 0.25) is 5.02 Å².